The molecule has 10 nitrogen and oxygen atoms in total. The molecule has 0 aliphatic heterocycles. The third-order valence-corrected chi connectivity index (χ3v) is 22.7. The first-order valence-corrected chi connectivity index (χ1v) is 50.2. The zero-order valence-corrected chi connectivity index (χ0v) is 98.6. The number of nitrogens with zero attached hydrogens (tertiary/aromatic N) is 6. The van der Waals surface area contributed by atoms with E-state index in [4.69, 9.17) is 9.97 Å². The Labute approximate surface area is 931 Å². The minimum absolute atomic E-state index is 0. The normalized spacial score (nSPS) is 10.8. The van der Waals surface area contributed by atoms with Crippen LogP contribution in [0.2, 0.25) is 0 Å². The van der Waals surface area contributed by atoms with Crippen LogP contribution >= 0.6 is 0 Å². The molecule has 17 rings (SSSR count). The molecule has 0 amide bonds. The molecule has 770 valence electrons. The Morgan fingerprint density at radius 1 is 0.293 bits per heavy atom. The minimum Gasteiger partial charge on any atom is -0.512 e. The van der Waals surface area contributed by atoms with Gasteiger partial charge in [-0.25, -0.2) is 0 Å². The number of pyridine rings is 6. The van der Waals surface area contributed by atoms with Gasteiger partial charge >= 0.3 is 0 Å². The Hall–Kier alpha value is -12.1. The maximum absolute atomic E-state index is 11.2. The summed E-state index contributed by atoms with van der Waals surface area (Å²) in [7, 11) is 0. The molecule has 2 N–H and O–H groups in total. The summed E-state index contributed by atoms with van der Waals surface area (Å²) in [6, 6.07) is 124. The number of carbonyl (C=O) groups is 2. The number of aliphatic hydroxyl groups excluding tert-OH is 2. The van der Waals surface area contributed by atoms with Crippen molar-refractivity contribution in [1.82, 2.24) is 29.9 Å². The summed E-state index contributed by atoms with van der Waals surface area (Å²) in [5.41, 5.74) is 34.2. The van der Waals surface area contributed by atoms with Gasteiger partial charge in [-0.05, 0) is 202 Å². The van der Waals surface area contributed by atoms with Crippen molar-refractivity contribution in [3.05, 3.63) is 444 Å². The third kappa shape index (κ3) is 42.9. The SMILES string of the molecule is CC(C)CC(=O)/C=C(\O)CC(C)C.CC(C)CC(=O)C=C(O)CC(C)C.CC(C)Cc1ccc(-c2ccnc(-c3[c-]cccc3)c2)cc1.Cc1[c-]c(-c2cc(CC(C)C)c3cc(-c4ccccc4)ccc3n2)cc(C)c1.Cc1[c-]c(-c2ccc3c(CC(C)C)cccc3n2)cc(C)c1.Cc1cc(-c2[c-]cccc2)ncc1-c1ccccc1.Cc1ccc(-c2[c-]cccc2)nc1.Cc1ccnc(-c2[c-]cccc2)c1.[Ir].[Ir].[Ir].[Ir]. The fourth-order valence-corrected chi connectivity index (χ4v) is 16.4. The van der Waals surface area contributed by atoms with E-state index < -0.39 is 0 Å². The summed E-state index contributed by atoms with van der Waals surface area (Å²) >= 11 is 0. The van der Waals surface area contributed by atoms with E-state index >= 15 is 0 Å². The largest absolute Gasteiger partial charge is 0.512 e. The van der Waals surface area contributed by atoms with Gasteiger partial charge in [-0.3, -0.25) is 19.6 Å². The molecule has 0 fully saturated rings. The smallest absolute Gasteiger partial charge is 0.159 e. The van der Waals surface area contributed by atoms with Gasteiger partial charge in [-0.15, -0.1) is 213 Å². The number of hydrogen-bond acceptors (Lipinski definition) is 10. The van der Waals surface area contributed by atoms with Gasteiger partial charge in [0.1, 0.15) is 0 Å². The summed E-state index contributed by atoms with van der Waals surface area (Å²) in [5, 5.41) is 21.2. The molecular formula is C133H142Ir4N6O4-6. The molecule has 0 aliphatic rings. The zero-order valence-electron chi connectivity index (χ0n) is 89.1. The van der Waals surface area contributed by atoms with Crippen LogP contribution in [0, 0.1) is 126 Å². The van der Waals surface area contributed by atoms with Crippen molar-refractivity contribution in [3.8, 4) is 101 Å². The van der Waals surface area contributed by atoms with Gasteiger partial charge in [0, 0.05) is 159 Å². The van der Waals surface area contributed by atoms with Crippen molar-refractivity contribution in [2.75, 3.05) is 0 Å². The Morgan fingerprint density at radius 2 is 0.714 bits per heavy atom. The average molecular weight is 2660 g/mol. The summed E-state index contributed by atoms with van der Waals surface area (Å²) in [6.07, 6.45) is 15.7. The van der Waals surface area contributed by atoms with Gasteiger partial charge < -0.3 is 30.1 Å². The standard InChI is InChI=1S/C27H26N.C21H22N.C21H20N.C18H14N.2C12H10N.2C11H20O2.4Ir/c1-18(2)12-23-17-27(24-14-19(3)13-20(4)15-24)28-26-11-10-22(16-25(23)26)21-8-6-5-7-9-21;1-14(2)10-17-6-5-7-21-19(17)8-9-20(22-21)18-12-15(3)11-16(4)13-18;1-16(2)14-17-8-10-18(11-9-17)20-12-13-22-21(15-20)19-6-4-3-5-7-19;1-14-12-18(16-10-6-3-7-11-16)19-13-17(14)15-8-4-2-5-9-15;1-10-7-8-13-12(9-10)11-5-3-2-4-6-11;1-10-7-8-12(13-9-10)11-5-3-2-4-6-11;2*1-8(2)5-10(12)7-11(13)6-9(3)4;;;;/h5-11,13-14,16-18H,12H2,1-4H3;5-9,11-12,14H,10H2,1-4H3;3-6,8-13,15-16H,14H2,1-2H3;2-10,12-13H,1H3;2*2-5,7-9H,1H3;2*7-9,12H,5-6H2,1-4H3;;;;/q6*-1;;;;;;/b;;;;;;10-7-;;;;;. The first-order valence-electron chi connectivity index (χ1n) is 50.2. The van der Waals surface area contributed by atoms with E-state index in [0.29, 0.717) is 67.1 Å². The molecule has 147 heavy (non-hydrogen) atoms. The second kappa shape index (κ2) is 64.2. The number of allylic oxidation sites excluding steroid dienone is 4. The molecule has 0 unspecified atom stereocenters. The Bertz CT molecular complexity index is 6810. The van der Waals surface area contributed by atoms with E-state index in [9.17, 15) is 19.8 Å². The van der Waals surface area contributed by atoms with Crippen molar-refractivity contribution < 1.29 is 100 Å². The topological polar surface area (TPSA) is 152 Å². The molecule has 14 heteroatoms. The van der Waals surface area contributed by atoms with Gasteiger partial charge in [-0.2, -0.15) is 0 Å². The molecule has 0 saturated heterocycles. The van der Waals surface area contributed by atoms with E-state index in [1.165, 1.54) is 101 Å². The number of aliphatic hydroxyl groups is 2. The molecule has 0 aliphatic carbocycles. The van der Waals surface area contributed by atoms with Crippen molar-refractivity contribution in [2.45, 2.75) is 190 Å². The number of ketones is 2. The number of fused-ring (bicyclic) bond motifs is 2. The van der Waals surface area contributed by atoms with Crippen molar-refractivity contribution in [1.29, 1.82) is 0 Å². The first-order chi connectivity index (χ1) is 68.6. The summed E-state index contributed by atoms with van der Waals surface area (Å²) < 4.78 is 0. The van der Waals surface area contributed by atoms with Gasteiger partial charge in [0.05, 0.1) is 22.6 Å². The second-order valence-corrected chi connectivity index (χ2v) is 39.8. The molecule has 6 heterocycles. The Balaban J connectivity index is 0.000000260. The Kier molecular flexibility index (Phi) is 53.9. The van der Waals surface area contributed by atoms with Gasteiger partial charge in [0.25, 0.3) is 0 Å². The van der Waals surface area contributed by atoms with Crippen LogP contribution < -0.4 is 0 Å². The molecule has 0 saturated carbocycles. The van der Waals surface area contributed by atoms with Crippen LogP contribution in [0.1, 0.15) is 178 Å². The van der Waals surface area contributed by atoms with Crippen LogP contribution in [0.25, 0.3) is 123 Å². The predicted molar refractivity (Wildman–Crippen MR) is 600 cm³/mol. The van der Waals surface area contributed by atoms with Crippen LogP contribution in [0.3, 0.4) is 0 Å². The van der Waals surface area contributed by atoms with Crippen LogP contribution in [0.5, 0.6) is 0 Å². The monoisotopic (exact) mass is 2660 g/mol. The molecular weight excluding hydrogens is 2510 g/mol. The van der Waals surface area contributed by atoms with E-state index in [2.05, 4.69) is 315 Å². The number of rotatable bonds is 25. The van der Waals surface area contributed by atoms with Crippen LogP contribution in [0.15, 0.2) is 352 Å². The maximum Gasteiger partial charge on any atom is 0.159 e. The summed E-state index contributed by atoms with van der Waals surface area (Å²) in [6.45, 7) is 44.2. The third-order valence-electron chi connectivity index (χ3n) is 22.7. The number of aryl methyl sites for hydroxylation is 7. The number of benzene rings is 11. The van der Waals surface area contributed by atoms with E-state index in [1.54, 1.807) is 0 Å². The quantitative estimate of drug-likeness (QED) is 0.0321. The molecule has 4 radical (unpaired) electrons. The van der Waals surface area contributed by atoms with Crippen molar-refractivity contribution in [2.24, 2.45) is 41.4 Å². The molecule has 0 spiro atoms. The minimum atomic E-state index is 0. The zero-order chi connectivity index (χ0) is 103. The van der Waals surface area contributed by atoms with Crippen LogP contribution in [-0.4, -0.2) is 51.7 Å². The molecule has 17 aromatic rings. The second-order valence-electron chi connectivity index (χ2n) is 39.8. The number of carbonyl (C=O) groups excluding carboxylic acids is 2. The fraction of sp³-hybridized carbons (Fsp3) is 0.263. The van der Waals surface area contributed by atoms with Gasteiger partial charge in [-0.1, -0.05) is 282 Å². The van der Waals surface area contributed by atoms with Crippen molar-refractivity contribution in [3.63, 3.8) is 0 Å². The summed E-state index contributed by atoms with van der Waals surface area (Å²) in [5.74, 6) is 3.88. The summed E-state index contributed by atoms with van der Waals surface area (Å²) in [4.78, 5) is 49.9. The molecule has 11 aromatic carbocycles. The Morgan fingerprint density at radius 3 is 1.18 bits per heavy atom. The van der Waals surface area contributed by atoms with Gasteiger partial charge in [0.15, 0.2) is 11.6 Å². The maximum atomic E-state index is 11.2. The van der Waals surface area contributed by atoms with E-state index in [0.717, 1.165) is 109 Å². The van der Waals surface area contributed by atoms with Crippen LogP contribution in [0.4, 0.5) is 0 Å². The fourth-order valence-electron chi connectivity index (χ4n) is 16.4. The van der Waals surface area contributed by atoms with E-state index in [1.807, 2.05) is 214 Å². The van der Waals surface area contributed by atoms with Crippen LogP contribution in [-0.2, 0) is 109 Å². The molecule has 0 bridgehead atoms. The number of aromatic nitrogens is 6. The molecule has 0 atom stereocenters. The van der Waals surface area contributed by atoms with Gasteiger partial charge in [0.2, 0.25) is 0 Å². The first kappa shape index (κ1) is 124. The van der Waals surface area contributed by atoms with E-state index in [-0.39, 0.29) is 104 Å². The predicted octanol–water partition coefficient (Wildman–Crippen LogP) is 34.5. The average Bonchev–Trinajstić information content (AvgIpc) is 0.775. The molecule has 6 aromatic heterocycles. The number of hydrogen-bond donors (Lipinski definition) is 2. The van der Waals surface area contributed by atoms with Crippen molar-refractivity contribution >= 4 is 33.4 Å².